The predicted octanol–water partition coefficient (Wildman–Crippen LogP) is 3.58. The van der Waals surface area contributed by atoms with Crippen molar-refractivity contribution in [3.05, 3.63) is 41.6 Å². The molecule has 4 rings (SSSR count). The molecular formula is C19H24N6. The van der Waals surface area contributed by atoms with E-state index in [2.05, 4.69) is 34.5 Å². The monoisotopic (exact) mass is 336 g/mol. The molecule has 0 aliphatic heterocycles. The number of aromatic nitrogens is 5. The van der Waals surface area contributed by atoms with Gasteiger partial charge < -0.3 is 5.32 Å². The van der Waals surface area contributed by atoms with E-state index in [0.29, 0.717) is 5.92 Å². The van der Waals surface area contributed by atoms with Crippen LogP contribution in [0.1, 0.15) is 49.4 Å². The molecule has 1 aliphatic rings. The maximum absolute atomic E-state index is 4.80. The molecule has 1 fully saturated rings. The van der Waals surface area contributed by atoms with Crippen molar-refractivity contribution in [2.45, 2.75) is 45.6 Å². The summed E-state index contributed by atoms with van der Waals surface area (Å²) in [5.74, 6) is 2.36. The Bertz CT molecular complexity index is 896. The summed E-state index contributed by atoms with van der Waals surface area (Å²) < 4.78 is 1.82. The standard InChI is InChI=1S/C19H24N6/c1-4-6-16-22-18(14-11-20-25(3)19(14)23-16)24-17(13-9-10-13)15-8-5-7-12(2)21-15/h5,7-8,11,13,17H,4,6,9-10H2,1-3H3,(H,22,23,24). The summed E-state index contributed by atoms with van der Waals surface area (Å²) in [5, 5.41) is 9.02. The zero-order valence-electron chi connectivity index (χ0n) is 15.0. The predicted molar refractivity (Wildman–Crippen MR) is 98.4 cm³/mol. The van der Waals surface area contributed by atoms with Crippen LogP contribution in [0.5, 0.6) is 0 Å². The number of anilines is 1. The molecule has 130 valence electrons. The van der Waals surface area contributed by atoms with Gasteiger partial charge >= 0.3 is 0 Å². The van der Waals surface area contributed by atoms with E-state index in [1.165, 1.54) is 12.8 Å². The highest BCUT2D eigenvalue weighted by atomic mass is 15.3. The average Bonchev–Trinajstić information content (AvgIpc) is 3.37. The molecule has 25 heavy (non-hydrogen) atoms. The second-order valence-corrected chi connectivity index (χ2v) is 6.91. The SMILES string of the molecule is CCCc1nc(NC(c2cccc(C)n2)C2CC2)c2cnn(C)c2n1. The number of nitrogens with zero attached hydrogens (tertiary/aromatic N) is 5. The van der Waals surface area contributed by atoms with Crippen molar-refractivity contribution in [3.8, 4) is 0 Å². The number of nitrogens with one attached hydrogen (secondary N) is 1. The first-order valence-electron chi connectivity index (χ1n) is 9.04. The van der Waals surface area contributed by atoms with Crippen LogP contribution in [0.15, 0.2) is 24.4 Å². The van der Waals surface area contributed by atoms with Crippen LogP contribution < -0.4 is 5.32 Å². The van der Waals surface area contributed by atoms with Crippen LogP contribution in [0.4, 0.5) is 5.82 Å². The minimum absolute atomic E-state index is 0.188. The van der Waals surface area contributed by atoms with Gasteiger partial charge in [-0.2, -0.15) is 5.10 Å². The van der Waals surface area contributed by atoms with Crippen molar-refractivity contribution in [1.82, 2.24) is 24.7 Å². The lowest BCUT2D eigenvalue weighted by molar-refractivity contribution is 0.652. The molecule has 3 aromatic rings. The third-order valence-electron chi connectivity index (χ3n) is 4.73. The first-order valence-corrected chi connectivity index (χ1v) is 9.04. The van der Waals surface area contributed by atoms with E-state index < -0.39 is 0 Å². The van der Waals surface area contributed by atoms with E-state index in [-0.39, 0.29) is 6.04 Å². The molecule has 0 radical (unpaired) electrons. The van der Waals surface area contributed by atoms with Crippen LogP contribution in [0, 0.1) is 12.8 Å². The third kappa shape index (κ3) is 3.21. The molecule has 3 heterocycles. The molecule has 1 saturated carbocycles. The van der Waals surface area contributed by atoms with E-state index in [9.17, 15) is 0 Å². The Morgan fingerprint density at radius 1 is 1.24 bits per heavy atom. The number of rotatable bonds is 6. The Kier molecular flexibility index (Phi) is 4.11. The molecule has 6 nitrogen and oxygen atoms in total. The van der Waals surface area contributed by atoms with E-state index in [4.69, 9.17) is 9.97 Å². The molecule has 1 N–H and O–H groups in total. The van der Waals surface area contributed by atoms with Gasteiger partial charge in [0.1, 0.15) is 11.6 Å². The number of hydrogen-bond donors (Lipinski definition) is 1. The summed E-state index contributed by atoms with van der Waals surface area (Å²) in [5.41, 5.74) is 3.02. The maximum atomic E-state index is 4.80. The van der Waals surface area contributed by atoms with Crippen molar-refractivity contribution in [1.29, 1.82) is 0 Å². The van der Waals surface area contributed by atoms with Gasteiger partial charge in [0, 0.05) is 19.2 Å². The number of fused-ring (bicyclic) bond motifs is 1. The van der Waals surface area contributed by atoms with Gasteiger partial charge in [0.2, 0.25) is 0 Å². The van der Waals surface area contributed by atoms with Crippen molar-refractivity contribution in [2.75, 3.05) is 5.32 Å². The van der Waals surface area contributed by atoms with Crippen LogP contribution in [-0.4, -0.2) is 24.7 Å². The van der Waals surface area contributed by atoms with E-state index in [1.54, 1.807) is 0 Å². The zero-order valence-corrected chi connectivity index (χ0v) is 15.0. The lowest BCUT2D eigenvalue weighted by Crippen LogP contribution is -2.16. The molecule has 1 unspecified atom stereocenters. The Hall–Kier alpha value is -2.50. The van der Waals surface area contributed by atoms with Crippen molar-refractivity contribution >= 4 is 16.9 Å². The molecule has 0 bridgehead atoms. The van der Waals surface area contributed by atoms with Gasteiger partial charge in [0.05, 0.1) is 23.3 Å². The molecule has 1 atom stereocenters. The largest absolute Gasteiger partial charge is 0.361 e. The summed E-state index contributed by atoms with van der Waals surface area (Å²) in [6, 6.07) is 6.42. The first kappa shape index (κ1) is 16.0. The number of aryl methyl sites for hydroxylation is 3. The van der Waals surface area contributed by atoms with E-state index in [1.807, 2.05) is 30.9 Å². The minimum atomic E-state index is 0.188. The van der Waals surface area contributed by atoms with Gasteiger partial charge in [-0.05, 0) is 44.2 Å². The highest BCUT2D eigenvalue weighted by molar-refractivity contribution is 5.86. The van der Waals surface area contributed by atoms with Crippen LogP contribution in [0.3, 0.4) is 0 Å². The average molecular weight is 336 g/mol. The normalized spacial score (nSPS) is 15.5. The van der Waals surface area contributed by atoms with Crippen molar-refractivity contribution in [3.63, 3.8) is 0 Å². The first-order chi connectivity index (χ1) is 12.2. The second-order valence-electron chi connectivity index (χ2n) is 6.91. The Morgan fingerprint density at radius 2 is 2.08 bits per heavy atom. The number of pyridine rings is 1. The van der Waals surface area contributed by atoms with E-state index >= 15 is 0 Å². The quantitative estimate of drug-likeness (QED) is 0.745. The summed E-state index contributed by atoms with van der Waals surface area (Å²) in [4.78, 5) is 14.2. The molecule has 0 aromatic carbocycles. The fraction of sp³-hybridized carbons (Fsp3) is 0.474. The highest BCUT2D eigenvalue weighted by Crippen LogP contribution is 2.42. The Morgan fingerprint density at radius 3 is 2.80 bits per heavy atom. The zero-order chi connectivity index (χ0) is 17.4. The Labute approximate surface area is 147 Å². The summed E-state index contributed by atoms with van der Waals surface area (Å²) in [6.45, 7) is 4.18. The third-order valence-corrected chi connectivity index (χ3v) is 4.73. The molecule has 0 saturated heterocycles. The van der Waals surface area contributed by atoms with Crippen molar-refractivity contribution < 1.29 is 0 Å². The van der Waals surface area contributed by atoms with E-state index in [0.717, 1.165) is 46.9 Å². The van der Waals surface area contributed by atoms with Crippen LogP contribution in [0.25, 0.3) is 11.0 Å². The van der Waals surface area contributed by atoms with Gasteiger partial charge in [0.25, 0.3) is 0 Å². The van der Waals surface area contributed by atoms with Gasteiger partial charge in [-0.1, -0.05) is 13.0 Å². The van der Waals surface area contributed by atoms with Gasteiger partial charge in [-0.15, -0.1) is 0 Å². The summed E-state index contributed by atoms with van der Waals surface area (Å²) in [7, 11) is 1.93. The van der Waals surface area contributed by atoms with Crippen molar-refractivity contribution in [2.24, 2.45) is 13.0 Å². The van der Waals surface area contributed by atoms with Crippen LogP contribution in [-0.2, 0) is 13.5 Å². The second kappa shape index (κ2) is 6.43. The lowest BCUT2D eigenvalue weighted by atomic mass is 10.1. The number of hydrogen-bond acceptors (Lipinski definition) is 5. The fourth-order valence-electron chi connectivity index (χ4n) is 3.26. The summed E-state index contributed by atoms with van der Waals surface area (Å²) >= 11 is 0. The summed E-state index contributed by atoms with van der Waals surface area (Å²) in [6.07, 6.45) is 6.20. The molecular weight excluding hydrogens is 312 g/mol. The maximum Gasteiger partial charge on any atom is 0.163 e. The molecule has 6 heteroatoms. The van der Waals surface area contributed by atoms with Gasteiger partial charge in [-0.3, -0.25) is 9.67 Å². The molecule has 1 aliphatic carbocycles. The topological polar surface area (TPSA) is 68.5 Å². The van der Waals surface area contributed by atoms with Gasteiger partial charge in [-0.25, -0.2) is 9.97 Å². The smallest absolute Gasteiger partial charge is 0.163 e. The molecule has 3 aromatic heterocycles. The molecule has 0 spiro atoms. The Balaban J connectivity index is 1.75. The lowest BCUT2D eigenvalue weighted by Gasteiger charge is -2.19. The van der Waals surface area contributed by atoms with Crippen LogP contribution >= 0.6 is 0 Å². The fourth-order valence-corrected chi connectivity index (χ4v) is 3.26. The minimum Gasteiger partial charge on any atom is -0.361 e. The highest BCUT2D eigenvalue weighted by Gasteiger charge is 2.34. The van der Waals surface area contributed by atoms with Crippen LogP contribution in [0.2, 0.25) is 0 Å². The van der Waals surface area contributed by atoms with Gasteiger partial charge in [0.15, 0.2) is 5.65 Å². The molecule has 0 amide bonds.